The molecule has 0 radical (unpaired) electrons. The highest BCUT2D eigenvalue weighted by Gasteiger charge is 2.07. The molecule has 0 atom stereocenters. The monoisotopic (exact) mass is 522 g/mol. The number of thiazole rings is 2. The van der Waals surface area contributed by atoms with Crippen LogP contribution in [0.2, 0.25) is 0 Å². The zero-order valence-electron chi connectivity index (χ0n) is 21.5. The number of hydrogen-bond donors (Lipinski definition) is 0. The Morgan fingerprint density at radius 2 is 1.06 bits per heavy atom. The molecule has 4 rings (SSSR count). The van der Waals surface area contributed by atoms with E-state index in [1.165, 1.54) is 11.1 Å². The number of benzene rings is 2. The van der Waals surface area contributed by atoms with E-state index in [0.29, 0.717) is 12.8 Å². The average molecular weight is 523 g/mol. The van der Waals surface area contributed by atoms with Crippen LogP contribution in [0.1, 0.15) is 62.5 Å². The third-order valence-electron chi connectivity index (χ3n) is 6.40. The Balaban J connectivity index is 1.15. The zero-order chi connectivity index (χ0) is 25.7. The normalized spacial score (nSPS) is 12.8. The number of amides is 2. The van der Waals surface area contributed by atoms with Gasteiger partial charge in [0.25, 0.3) is 0 Å². The fourth-order valence-corrected chi connectivity index (χ4v) is 6.55. The van der Waals surface area contributed by atoms with Crippen LogP contribution >= 0.6 is 22.7 Å². The van der Waals surface area contributed by atoms with Crippen molar-refractivity contribution in [3.05, 3.63) is 57.1 Å². The van der Waals surface area contributed by atoms with Crippen molar-refractivity contribution in [1.29, 1.82) is 0 Å². The molecule has 0 saturated carbocycles. The van der Waals surface area contributed by atoms with Gasteiger partial charge in [0.15, 0.2) is 9.60 Å². The van der Waals surface area contributed by atoms with E-state index in [0.717, 1.165) is 68.6 Å². The van der Waals surface area contributed by atoms with Crippen LogP contribution < -0.4 is 9.60 Å². The smallest absolute Gasteiger partial charge is 0.248 e. The maximum Gasteiger partial charge on any atom is 0.248 e. The summed E-state index contributed by atoms with van der Waals surface area (Å²) >= 11 is 3.13. The van der Waals surface area contributed by atoms with E-state index in [1.807, 2.05) is 23.2 Å². The molecule has 6 nitrogen and oxygen atoms in total. The van der Waals surface area contributed by atoms with Crippen LogP contribution in [0.15, 0.2) is 46.4 Å². The molecule has 2 aromatic carbocycles. The van der Waals surface area contributed by atoms with E-state index >= 15 is 0 Å². The molecule has 0 unspecified atom stereocenters. The minimum absolute atomic E-state index is 0.0503. The van der Waals surface area contributed by atoms with Gasteiger partial charge in [-0.2, -0.15) is 9.98 Å². The van der Waals surface area contributed by atoms with Gasteiger partial charge in [0, 0.05) is 26.9 Å². The van der Waals surface area contributed by atoms with E-state index < -0.39 is 0 Å². The Morgan fingerprint density at radius 3 is 1.47 bits per heavy atom. The van der Waals surface area contributed by atoms with Gasteiger partial charge in [0.2, 0.25) is 11.8 Å². The summed E-state index contributed by atoms with van der Waals surface area (Å²) < 4.78 is 6.30. The lowest BCUT2D eigenvalue weighted by molar-refractivity contribution is -0.119. The maximum absolute atomic E-state index is 12.3. The summed E-state index contributed by atoms with van der Waals surface area (Å²) in [5, 5.41) is 0. The lowest BCUT2D eigenvalue weighted by atomic mass is 10.1. The molecule has 0 N–H and O–H groups in total. The van der Waals surface area contributed by atoms with Crippen molar-refractivity contribution in [2.75, 3.05) is 0 Å². The molecule has 0 aliphatic rings. The van der Waals surface area contributed by atoms with E-state index in [2.05, 4.69) is 60.2 Å². The Labute approximate surface area is 219 Å². The highest BCUT2D eigenvalue weighted by molar-refractivity contribution is 7.16. The van der Waals surface area contributed by atoms with Crippen LogP contribution in [0.5, 0.6) is 0 Å². The number of aromatic nitrogens is 2. The fraction of sp³-hybridized carbons (Fsp3) is 0.429. The van der Waals surface area contributed by atoms with Crippen LogP contribution in [0.4, 0.5) is 0 Å². The lowest BCUT2D eigenvalue weighted by Gasteiger charge is -2.00. The van der Waals surface area contributed by atoms with Crippen molar-refractivity contribution in [3.63, 3.8) is 0 Å². The lowest BCUT2D eigenvalue weighted by Crippen LogP contribution is -2.13. The van der Waals surface area contributed by atoms with Gasteiger partial charge in [-0.3, -0.25) is 9.59 Å². The molecular formula is C28H34N4O2S2. The molecule has 0 fully saturated rings. The topological polar surface area (TPSA) is 68.7 Å². The summed E-state index contributed by atoms with van der Waals surface area (Å²) in [6.45, 7) is 4.14. The number of unbranched alkanes of at least 4 members (excludes halogenated alkanes) is 5. The second-order valence-electron chi connectivity index (χ2n) is 9.46. The SMILES string of the molecule is Cc1ccc2c(c1)sc(=NC(=O)CCCCCCCCC(=O)N=c1sc3cc(C)ccc3n1C)n2C. The number of carbonyl (C=O) groups excluding carboxylic acids is 2. The summed E-state index contributed by atoms with van der Waals surface area (Å²) in [7, 11) is 3.92. The van der Waals surface area contributed by atoms with Crippen molar-refractivity contribution in [1.82, 2.24) is 9.13 Å². The first-order valence-electron chi connectivity index (χ1n) is 12.6. The van der Waals surface area contributed by atoms with Gasteiger partial charge in [0.1, 0.15) is 0 Å². The third-order valence-corrected chi connectivity index (χ3v) is 8.59. The second kappa shape index (κ2) is 11.9. The summed E-state index contributed by atoms with van der Waals surface area (Å²) in [6.07, 6.45) is 6.83. The highest BCUT2D eigenvalue weighted by Crippen LogP contribution is 2.19. The molecule has 0 bridgehead atoms. The third kappa shape index (κ3) is 6.48. The number of fused-ring (bicyclic) bond motifs is 2. The Kier molecular flexibility index (Phi) is 8.69. The molecule has 2 amide bonds. The molecule has 2 heterocycles. The van der Waals surface area contributed by atoms with Crippen LogP contribution in [0.25, 0.3) is 20.4 Å². The number of rotatable bonds is 9. The molecule has 190 valence electrons. The minimum atomic E-state index is -0.0503. The minimum Gasteiger partial charge on any atom is -0.319 e. The van der Waals surface area contributed by atoms with Gasteiger partial charge in [-0.05, 0) is 62.1 Å². The predicted octanol–water partition coefficient (Wildman–Crippen LogP) is 6.09. The number of carbonyl (C=O) groups is 2. The van der Waals surface area contributed by atoms with Crippen LogP contribution in [0.3, 0.4) is 0 Å². The molecular weight excluding hydrogens is 488 g/mol. The predicted molar refractivity (Wildman–Crippen MR) is 149 cm³/mol. The summed E-state index contributed by atoms with van der Waals surface area (Å²) in [4.78, 5) is 34.9. The molecule has 4 aromatic rings. The summed E-state index contributed by atoms with van der Waals surface area (Å²) in [5.41, 5.74) is 4.63. The molecule has 0 aliphatic carbocycles. The van der Waals surface area contributed by atoms with Gasteiger partial charge < -0.3 is 9.13 Å². The zero-order valence-corrected chi connectivity index (χ0v) is 23.2. The molecule has 0 aliphatic heterocycles. The first-order chi connectivity index (χ1) is 17.3. The quantitative estimate of drug-likeness (QED) is 0.250. The van der Waals surface area contributed by atoms with E-state index in [4.69, 9.17) is 0 Å². The van der Waals surface area contributed by atoms with Crippen molar-refractivity contribution in [2.24, 2.45) is 24.1 Å². The van der Waals surface area contributed by atoms with Gasteiger partial charge in [-0.15, -0.1) is 0 Å². The molecule has 2 aromatic heterocycles. The number of aryl methyl sites for hydroxylation is 4. The standard InChI is InChI=1S/C28H34N4O2S2/c1-19-13-15-21-23(17-19)35-27(31(21)3)29-25(33)11-9-7-5-6-8-10-12-26(34)30-28-32(4)22-16-14-20(2)18-24(22)36-28/h13-18H,5-12H2,1-4H3. The second-order valence-corrected chi connectivity index (χ2v) is 11.5. The molecule has 8 heteroatoms. The number of nitrogens with zero attached hydrogens (tertiary/aromatic N) is 4. The van der Waals surface area contributed by atoms with E-state index in [1.54, 1.807) is 22.7 Å². The Bertz CT molecular complexity index is 1420. The van der Waals surface area contributed by atoms with Crippen LogP contribution in [0, 0.1) is 13.8 Å². The van der Waals surface area contributed by atoms with Gasteiger partial charge in [0.05, 0.1) is 20.4 Å². The highest BCUT2D eigenvalue weighted by atomic mass is 32.1. The molecule has 0 spiro atoms. The van der Waals surface area contributed by atoms with Crippen LogP contribution in [-0.2, 0) is 23.7 Å². The average Bonchev–Trinajstić information content (AvgIpc) is 3.30. The maximum atomic E-state index is 12.3. The van der Waals surface area contributed by atoms with Crippen LogP contribution in [-0.4, -0.2) is 20.9 Å². The Morgan fingerprint density at radius 1 is 0.667 bits per heavy atom. The molecule has 0 saturated heterocycles. The molecule has 36 heavy (non-hydrogen) atoms. The first kappa shape index (κ1) is 26.2. The largest absolute Gasteiger partial charge is 0.319 e. The van der Waals surface area contributed by atoms with E-state index in [-0.39, 0.29) is 11.8 Å². The van der Waals surface area contributed by atoms with Gasteiger partial charge >= 0.3 is 0 Å². The van der Waals surface area contributed by atoms with Crippen molar-refractivity contribution < 1.29 is 9.59 Å². The van der Waals surface area contributed by atoms with Crippen molar-refractivity contribution in [2.45, 2.75) is 65.2 Å². The van der Waals surface area contributed by atoms with E-state index in [9.17, 15) is 9.59 Å². The summed E-state index contributed by atoms with van der Waals surface area (Å²) in [5.74, 6) is -0.101. The Hall–Kier alpha value is -2.84. The van der Waals surface area contributed by atoms with Crippen molar-refractivity contribution in [3.8, 4) is 0 Å². The number of hydrogen-bond acceptors (Lipinski definition) is 4. The summed E-state index contributed by atoms with van der Waals surface area (Å²) in [6, 6.07) is 12.6. The first-order valence-corrected chi connectivity index (χ1v) is 14.2. The van der Waals surface area contributed by atoms with Crippen molar-refractivity contribution >= 4 is 54.9 Å². The van der Waals surface area contributed by atoms with Gasteiger partial charge in [-0.25, -0.2) is 0 Å². The fourth-order valence-electron chi connectivity index (χ4n) is 4.28. The van der Waals surface area contributed by atoms with Gasteiger partial charge in [-0.1, -0.05) is 60.5 Å².